The third-order valence-electron chi connectivity index (χ3n) is 2.63. The van der Waals surface area contributed by atoms with E-state index in [1.807, 2.05) is 0 Å². The van der Waals surface area contributed by atoms with E-state index in [2.05, 4.69) is 4.72 Å². The maximum Gasteiger partial charge on any atom is 0.232 e. The zero-order valence-electron chi connectivity index (χ0n) is 11.1. The van der Waals surface area contributed by atoms with Gasteiger partial charge in [0.2, 0.25) is 10.0 Å². The Labute approximate surface area is 133 Å². The summed E-state index contributed by atoms with van der Waals surface area (Å²) in [5.74, 6) is 1.03. The summed E-state index contributed by atoms with van der Waals surface area (Å²) in [4.78, 5) is 0. The van der Waals surface area contributed by atoms with E-state index >= 15 is 0 Å². The molecule has 0 aliphatic heterocycles. The third kappa shape index (κ3) is 4.52. The molecule has 0 saturated heterocycles. The van der Waals surface area contributed by atoms with E-state index in [1.165, 1.54) is 0 Å². The van der Waals surface area contributed by atoms with Crippen LogP contribution in [0.25, 0.3) is 0 Å². The molecule has 0 radical (unpaired) electrons. The largest absolute Gasteiger partial charge is 0.456 e. The van der Waals surface area contributed by atoms with Gasteiger partial charge in [-0.3, -0.25) is 4.72 Å². The Morgan fingerprint density at radius 2 is 1.76 bits per heavy atom. The van der Waals surface area contributed by atoms with Crippen molar-refractivity contribution in [2.24, 2.45) is 0 Å². The van der Waals surface area contributed by atoms with Gasteiger partial charge in [0.05, 0.1) is 10.8 Å². The molecule has 0 unspecified atom stereocenters. The molecule has 0 spiro atoms. The molecule has 0 saturated carbocycles. The highest BCUT2D eigenvalue weighted by molar-refractivity contribution is 7.92. The van der Waals surface area contributed by atoms with Crippen LogP contribution >= 0.6 is 23.2 Å². The molecule has 0 aliphatic rings. The first-order valence-electron chi connectivity index (χ1n) is 6.13. The van der Waals surface area contributed by atoms with Crippen molar-refractivity contribution < 1.29 is 13.2 Å². The number of ether oxygens (including phenoxy) is 1. The van der Waals surface area contributed by atoms with Crippen LogP contribution in [0.2, 0.25) is 10.0 Å². The monoisotopic (exact) mass is 345 g/mol. The lowest BCUT2D eigenvalue weighted by Crippen LogP contribution is -2.14. The van der Waals surface area contributed by atoms with Crippen molar-refractivity contribution in [2.45, 2.75) is 6.92 Å². The summed E-state index contributed by atoms with van der Waals surface area (Å²) in [5, 5.41) is 0.926. The molecular formula is C14H13Cl2NO3S. The number of hydrogen-bond acceptors (Lipinski definition) is 3. The first kappa shape index (κ1) is 15.9. The fourth-order valence-corrected chi connectivity index (χ4v) is 2.61. The second-order valence-electron chi connectivity index (χ2n) is 4.21. The molecule has 0 fully saturated rings. The number of halogens is 2. The van der Waals surface area contributed by atoms with E-state index in [0.717, 1.165) is 0 Å². The second kappa shape index (κ2) is 6.56. The second-order valence-corrected chi connectivity index (χ2v) is 7.06. The van der Waals surface area contributed by atoms with Crippen LogP contribution < -0.4 is 9.46 Å². The highest BCUT2D eigenvalue weighted by atomic mass is 35.5. The summed E-state index contributed by atoms with van der Waals surface area (Å²) in [7, 11) is -3.28. The lowest BCUT2D eigenvalue weighted by Gasteiger charge is -2.09. The van der Waals surface area contributed by atoms with Crippen LogP contribution in [0.3, 0.4) is 0 Å². The van der Waals surface area contributed by atoms with Gasteiger partial charge in [0, 0.05) is 10.7 Å². The lowest BCUT2D eigenvalue weighted by atomic mass is 10.3. The molecule has 7 heteroatoms. The molecule has 2 aromatic rings. The molecular weight excluding hydrogens is 333 g/mol. The summed E-state index contributed by atoms with van der Waals surface area (Å²) >= 11 is 11.8. The van der Waals surface area contributed by atoms with Crippen LogP contribution in [0.5, 0.6) is 11.5 Å². The highest BCUT2D eigenvalue weighted by Gasteiger charge is 2.07. The standard InChI is InChI=1S/C14H13Cl2NO3S/c1-2-21(18,19)17-11-4-6-12(7-5-11)20-14-8-3-10(15)9-13(14)16/h3-9,17H,2H2,1H3. The van der Waals surface area contributed by atoms with Crippen molar-refractivity contribution in [3.05, 3.63) is 52.5 Å². The van der Waals surface area contributed by atoms with Crippen LogP contribution in [-0.2, 0) is 10.0 Å². The van der Waals surface area contributed by atoms with Crippen molar-refractivity contribution in [1.29, 1.82) is 0 Å². The molecule has 0 heterocycles. The van der Waals surface area contributed by atoms with E-state index in [1.54, 1.807) is 49.4 Å². The van der Waals surface area contributed by atoms with E-state index in [9.17, 15) is 8.42 Å². The Hall–Kier alpha value is -1.43. The Kier molecular flexibility index (Phi) is 4.98. The SMILES string of the molecule is CCS(=O)(=O)Nc1ccc(Oc2ccc(Cl)cc2Cl)cc1. The van der Waals surface area contributed by atoms with Gasteiger partial charge in [-0.1, -0.05) is 23.2 Å². The summed E-state index contributed by atoms with van der Waals surface area (Å²) in [5.41, 5.74) is 0.478. The molecule has 4 nitrogen and oxygen atoms in total. The summed E-state index contributed by atoms with van der Waals surface area (Å²) in [6, 6.07) is 11.5. The molecule has 1 N–H and O–H groups in total. The Morgan fingerprint density at radius 1 is 1.10 bits per heavy atom. The van der Waals surface area contributed by atoms with E-state index in [4.69, 9.17) is 27.9 Å². The zero-order chi connectivity index (χ0) is 15.5. The molecule has 0 atom stereocenters. The Bertz CT molecular complexity index is 730. The van der Waals surface area contributed by atoms with Gasteiger partial charge in [0.1, 0.15) is 11.5 Å². The van der Waals surface area contributed by atoms with Crippen molar-refractivity contribution >= 4 is 38.9 Å². The van der Waals surface area contributed by atoms with Crippen molar-refractivity contribution in [1.82, 2.24) is 0 Å². The van der Waals surface area contributed by atoms with Crippen LogP contribution in [0.15, 0.2) is 42.5 Å². The third-order valence-corrected chi connectivity index (χ3v) is 4.47. The molecule has 0 amide bonds. The van der Waals surface area contributed by atoms with Crippen LogP contribution in [0.1, 0.15) is 6.92 Å². The van der Waals surface area contributed by atoms with Gasteiger partial charge in [0.25, 0.3) is 0 Å². The highest BCUT2D eigenvalue weighted by Crippen LogP contribution is 2.31. The van der Waals surface area contributed by atoms with Gasteiger partial charge in [-0.25, -0.2) is 8.42 Å². The van der Waals surface area contributed by atoms with Gasteiger partial charge in [-0.15, -0.1) is 0 Å². The molecule has 112 valence electrons. The molecule has 0 bridgehead atoms. The minimum atomic E-state index is -3.28. The molecule has 0 aromatic heterocycles. The zero-order valence-corrected chi connectivity index (χ0v) is 13.5. The van der Waals surface area contributed by atoms with Gasteiger partial charge < -0.3 is 4.74 Å². The number of sulfonamides is 1. The smallest absolute Gasteiger partial charge is 0.232 e. The Balaban J connectivity index is 2.12. The van der Waals surface area contributed by atoms with Crippen LogP contribution in [0.4, 0.5) is 5.69 Å². The molecule has 0 aliphatic carbocycles. The first-order valence-corrected chi connectivity index (χ1v) is 8.54. The van der Waals surface area contributed by atoms with Crippen LogP contribution in [0, 0.1) is 0 Å². The predicted octanol–water partition coefficient (Wildman–Crippen LogP) is 4.55. The van der Waals surface area contributed by atoms with Crippen LogP contribution in [-0.4, -0.2) is 14.2 Å². The normalized spacial score (nSPS) is 11.2. The maximum absolute atomic E-state index is 11.4. The number of anilines is 1. The van der Waals surface area contributed by atoms with E-state index < -0.39 is 10.0 Å². The fraction of sp³-hybridized carbons (Fsp3) is 0.143. The average Bonchev–Trinajstić information content (AvgIpc) is 2.44. The minimum Gasteiger partial charge on any atom is -0.456 e. The predicted molar refractivity (Wildman–Crippen MR) is 86.1 cm³/mol. The van der Waals surface area contributed by atoms with E-state index in [0.29, 0.717) is 27.2 Å². The van der Waals surface area contributed by atoms with Gasteiger partial charge >= 0.3 is 0 Å². The summed E-state index contributed by atoms with van der Waals surface area (Å²) < 4.78 is 31.0. The van der Waals surface area contributed by atoms with Gasteiger partial charge in [0.15, 0.2) is 0 Å². The topological polar surface area (TPSA) is 55.4 Å². The Morgan fingerprint density at radius 3 is 2.33 bits per heavy atom. The number of nitrogens with one attached hydrogen (secondary N) is 1. The first-order chi connectivity index (χ1) is 9.89. The minimum absolute atomic E-state index is 0.0195. The van der Waals surface area contributed by atoms with Gasteiger partial charge in [-0.05, 0) is 49.4 Å². The number of benzene rings is 2. The lowest BCUT2D eigenvalue weighted by molar-refractivity contribution is 0.483. The van der Waals surface area contributed by atoms with E-state index in [-0.39, 0.29) is 5.75 Å². The number of hydrogen-bond donors (Lipinski definition) is 1. The number of rotatable bonds is 5. The average molecular weight is 346 g/mol. The fourth-order valence-electron chi connectivity index (χ4n) is 1.53. The maximum atomic E-state index is 11.4. The van der Waals surface area contributed by atoms with Crippen molar-refractivity contribution in [3.63, 3.8) is 0 Å². The summed E-state index contributed by atoms with van der Waals surface area (Å²) in [6.45, 7) is 1.57. The quantitative estimate of drug-likeness (QED) is 0.864. The van der Waals surface area contributed by atoms with Crippen molar-refractivity contribution in [3.8, 4) is 11.5 Å². The molecule has 2 rings (SSSR count). The van der Waals surface area contributed by atoms with Crippen molar-refractivity contribution in [2.75, 3.05) is 10.5 Å². The van der Waals surface area contributed by atoms with Gasteiger partial charge in [-0.2, -0.15) is 0 Å². The molecule has 2 aromatic carbocycles. The molecule has 21 heavy (non-hydrogen) atoms. The summed E-state index contributed by atoms with van der Waals surface area (Å²) in [6.07, 6.45) is 0.